The highest BCUT2D eigenvalue weighted by Crippen LogP contribution is 2.29. The molecule has 2 aromatic carbocycles. The molecule has 2 rings (SSSR count). The van der Waals surface area contributed by atoms with Crippen molar-refractivity contribution in [3.63, 3.8) is 0 Å². The molecule has 2 aromatic rings. The van der Waals surface area contributed by atoms with E-state index in [1.165, 1.54) is 44.4 Å². The highest BCUT2D eigenvalue weighted by Gasteiger charge is 2.18. The lowest BCUT2D eigenvalue weighted by atomic mass is 10.2. The van der Waals surface area contributed by atoms with Gasteiger partial charge in [0.15, 0.2) is 0 Å². The minimum Gasteiger partial charge on any atom is -0.494 e. The first-order chi connectivity index (χ1) is 11.2. The Labute approximate surface area is 139 Å². The molecule has 0 fully saturated rings. The zero-order valence-corrected chi connectivity index (χ0v) is 14.2. The molecule has 0 saturated heterocycles. The number of aryl methyl sites for hydroxylation is 1. The summed E-state index contributed by atoms with van der Waals surface area (Å²) >= 11 is 0. The fraction of sp³-hybridized carbons (Fsp3) is 0.188. The average Bonchev–Trinajstić information content (AvgIpc) is 2.50. The van der Waals surface area contributed by atoms with Crippen LogP contribution < -0.4 is 14.8 Å². The van der Waals surface area contributed by atoms with Crippen molar-refractivity contribution in [2.24, 2.45) is 0 Å². The minimum atomic E-state index is -3.96. The standard InChI is InChI=1S/C16H17FN2O4S/c1-10-4-5-12(17)8-16(10)24(21,22)19-13-6-7-14(18-11(2)20)15(9-13)23-3/h4-9,19H,1-3H3,(H,18,20). The number of benzene rings is 2. The maximum absolute atomic E-state index is 13.4. The Hall–Kier alpha value is -2.61. The second-order valence-corrected chi connectivity index (χ2v) is 6.76. The van der Waals surface area contributed by atoms with Crippen LogP contribution in [0.1, 0.15) is 12.5 Å². The quantitative estimate of drug-likeness (QED) is 0.866. The molecular weight excluding hydrogens is 335 g/mol. The summed E-state index contributed by atoms with van der Waals surface area (Å²) in [5, 5.41) is 2.57. The summed E-state index contributed by atoms with van der Waals surface area (Å²) < 4.78 is 45.8. The van der Waals surface area contributed by atoms with Crippen LogP contribution in [0.25, 0.3) is 0 Å². The number of halogens is 1. The van der Waals surface area contributed by atoms with E-state index in [4.69, 9.17) is 4.74 Å². The van der Waals surface area contributed by atoms with Crippen molar-refractivity contribution in [3.8, 4) is 5.75 Å². The Balaban J connectivity index is 2.36. The Morgan fingerprint density at radius 3 is 2.50 bits per heavy atom. The maximum atomic E-state index is 13.4. The second-order valence-electron chi connectivity index (χ2n) is 5.11. The van der Waals surface area contributed by atoms with E-state index in [0.29, 0.717) is 17.0 Å². The smallest absolute Gasteiger partial charge is 0.262 e. The third-order valence-electron chi connectivity index (χ3n) is 3.20. The van der Waals surface area contributed by atoms with Crippen LogP contribution in [0.4, 0.5) is 15.8 Å². The van der Waals surface area contributed by atoms with E-state index in [2.05, 4.69) is 10.0 Å². The highest BCUT2D eigenvalue weighted by molar-refractivity contribution is 7.92. The summed E-state index contributed by atoms with van der Waals surface area (Å²) in [5.74, 6) is -0.627. The monoisotopic (exact) mass is 352 g/mol. The van der Waals surface area contributed by atoms with Crippen molar-refractivity contribution in [2.45, 2.75) is 18.7 Å². The van der Waals surface area contributed by atoms with Gasteiger partial charge in [0.25, 0.3) is 10.0 Å². The minimum absolute atomic E-state index is 0.146. The summed E-state index contributed by atoms with van der Waals surface area (Å²) in [5.41, 5.74) is 1.06. The lowest BCUT2D eigenvalue weighted by molar-refractivity contribution is -0.114. The predicted molar refractivity (Wildman–Crippen MR) is 89.2 cm³/mol. The van der Waals surface area contributed by atoms with Crippen molar-refractivity contribution < 1.29 is 22.3 Å². The first kappa shape index (κ1) is 17.7. The Kier molecular flexibility index (Phi) is 5.08. The summed E-state index contributed by atoms with van der Waals surface area (Å²) in [6, 6.07) is 7.96. The van der Waals surface area contributed by atoms with E-state index in [0.717, 1.165) is 6.07 Å². The molecule has 0 unspecified atom stereocenters. The lowest BCUT2D eigenvalue weighted by Crippen LogP contribution is -2.15. The normalized spacial score (nSPS) is 11.0. The molecule has 0 atom stereocenters. The van der Waals surface area contributed by atoms with Crippen LogP contribution in [0.5, 0.6) is 5.75 Å². The van der Waals surface area contributed by atoms with E-state index in [1.807, 2.05) is 0 Å². The van der Waals surface area contributed by atoms with Gasteiger partial charge in [-0.1, -0.05) is 6.07 Å². The van der Waals surface area contributed by atoms with Gasteiger partial charge in [-0.2, -0.15) is 0 Å². The largest absolute Gasteiger partial charge is 0.494 e. The topological polar surface area (TPSA) is 84.5 Å². The molecule has 0 saturated carbocycles. The number of rotatable bonds is 5. The van der Waals surface area contributed by atoms with Gasteiger partial charge >= 0.3 is 0 Å². The summed E-state index contributed by atoms with van der Waals surface area (Å²) in [6.45, 7) is 2.93. The van der Waals surface area contributed by atoms with E-state index < -0.39 is 15.8 Å². The zero-order chi connectivity index (χ0) is 17.9. The van der Waals surface area contributed by atoms with Crippen molar-refractivity contribution in [3.05, 3.63) is 47.8 Å². The van der Waals surface area contributed by atoms with E-state index in [-0.39, 0.29) is 16.5 Å². The molecule has 24 heavy (non-hydrogen) atoms. The van der Waals surface area contributed by atoms with Gasteiger partial charge < -0.3 is 10.1 Å². The average molecular weight is 352 g/mol. The number of amides is 1. The number of nitrogens with one attached hydrogen (secondary N) is 2. The van der Waals surface area contributed by atoms with Crippen molar-refractivity contribution in [1.29, 1.82) is 0 Å². The first-order valence-corrected chi connectivity index (χ1v) is 8.46. The van der Waals surface area contributed by atoms with Crippen LogP contribution in [0.2, 0.25) is 0 Å². The van der Waals surface area contributed by atoms with Crippen LogP contribution in [0, 0.1) is 12.7 Å². The molecule has 0 aliphatic heterocycles. The van der Waals surface area contributed by atoms with Crippen molar-refractivity contribution in [1.82, 2.24) is 0 Å². The number of carbonyl (C=O) groups is 1. The Bertz CT molecular complexity index is 882. The van der Waals surface area contributed by atoms with Gasteiger partial charge in [-0.05, 0) is 36.8 Å². The van der Waals surface area contributed by atoms with Crippen LogP contribution >= 0.6 is 0 Å². The van der Waals surface area contributed by atoms with Crippen LogP contribution in [-0.4, -0.2) is 21.4 Å². The zero-order valence-electron chi connectivity index (χ0n) is 13.4. The van der Waals surface area contributed by atoms with Crippen molar-refractivity contribution >= 4 is 27.3 Å². The second kappa shape index (κ2) is 6.88. The molecule has 0 aliphatic carbocycles. The highest BCUT2D eigenvalue weighted by atomic mass is 32.2. The number of ether oxygens (including phenoxy) is 1. The molecule has 0 spiro atoms. The summed E-state index contributed by atoms with van der Waals surface area (Å²) in [4.78, 5) is 11.0. The molecule has 0 bridgehead atoms. The molecule has 128 valence electrons. The summed E-state index contributed by atoms with van der Waals surface area (Å²) in [6.07, 6.45) is 0. The van der Waals surface area contributed by atoms with Gasteiger partial charge in [0.1, 0.15) is 11.6 Å². The fourth-order valence-electron chi connectivity index (χ4n) is 2.12. The SMILES string of the molecule is COc1cc(NS(=O)(=O)c2cc(F)ccc2C)ccc1NC(C)=O. The maximum Gasteiger partial charge on any atom is 0.262 e. The molecule has 0 heterocycles. The fourth-order valence-corrected chi connectivity index (χ4v) is 3.43. The number of anilines is 2. The molecule has 0 aromatic heterocycles. The third kappa shape index (κ3) is 4.02. The number of sulfonamides is 1. The molecule has 0 radical (unpaired) electrons. The van der Waals surface area contributed by atoms with Gasteiger partial charge in [0.05, 0.1) is 23.4 Å². The van der Waals surface area contributed by atoms with Gasteiger partial charge in [0, 0.05) is 13.0 Å². The van der Waals surface area contributed by atoms with E-state index in [9.17, 15) is 17.6 Å². The van der Waals surface area contributed by atoms with Crippen LogP contribution in [0.3, 0.4) is 0 Å². The Morgan fingerprint density at radius 2 is 1.88 bits per heavy atom. The number of hydrogen-bond donors (Lipinski definition) is 2. The van der Waals surface area contributed by atoms with Gasteiger partial charge in [-0.15, -0.1) is 0 Å². The summed E-state index contributed by atoms with van der Waals surface area (Å²) in [7, 11) is -2.56. The lowest BCUT2D eigenvalue weighted by Gasteiger charge is -2.13. The Morgan fingerprint density at radius 1 is 1.17 bits per heavy atom. The third-order valence-corrected chi connectivity index (χ3v) is 4.73. The molecule has 8 heteroatoms. The number of methoxy groups -OCH3 is 1. The molecule has 0 aliphatic rings. The first-order valence-electron chi connectivity index (χ1n) is 6.97. The van der Waals surface area contributed by atoms with Gasteiger partial charge in [-0.25, -0.2) is 12.8 Å². The number of carbonyl (C=O) groups excluding carboxylic acids is 1. The van der Waals surface area contributed by atoms with Gasteiger partial charge in [0.2, 0.25) is 5.91 Å². The molecular formula is C16H17FN2O4S. The van der Waals surface area contributed by atoms with Crippen molar-refractivity contribution in [2.75, 3.05) is 17.1 Å². The van der Waals surface area contributed by atoms with E-state index >= 15 is 0 Å². The van der Waals surface area contributed by atoms with E-state index in [1.54, 1.807) is 6.92 Å². The van der Waals surface area contributed by atoms with Crippen LogP contribution in [0.15, 0.2) is 41.3 Å². The number of hydrogen-bond acceptors (Lipinski definition) is 4. The molecule has 6 nitrogen and oxygen atoms in total. The van der Waals surface area contributed by atoms with Crippen LogP contribution in [-0.2, 0) is 14.8 Å². The molecule has 1 amide bonds. The van der Waals surface area contributed by atoms with Gasteiger partial charge in [-0.3, -0.25) is 9.52 Å². The predicted octanol–water partition coefficient (Wildman–Crippen LogP) is 2.90. The molecule has 2 N–H and O–H groups in total.